The number of aryl methyl sites for hydroxylation is 1. The van der Waals surface area contributed by atoms with E-state index >= 15 is 0 Å². The maximum absolute atomic E-state index is 12.0. The lowest BCUT2D eigenvalue weighted by Gasteiger charge is -2.34. The predicted octanol–water partition coefficient (Wildman–Crippen LogP) is 1.49. The van der Waals surface area contributed by atoms with Crippen molar-refractivity contribution in [3.8, 4) is 0 Å². The molecule has 0 unspecified atom stereocenters. The molecule has 6 nitrogen and oxygen atoms in total. The van der Waals surface area contributed by atoms with Crippen LogP contribution in [0.25, 0.3) is 0 Å². The Morgan fingerprint density at radius 3 is 2.60 bits per heavy atom. The number of nitrogens with zero attached hydrogens (tertiary/aromatic N) is 4. The summed E-state index contributed by atoms with van der Waals surface area (Å²) in [7, 11) is 3.64. The molecule has 1 amide bonds. The molecule has 0 saturated carbocycles. The molecule has 1 aliphatic heterocycles. The fourth-order valence-corrected chi connectivity index (χ4v) is 2.64. The zero-order valence-corrected chi connectivity index (χ0v) is 12.8. The van der Waals surface area contributed by atoms with Crippen LogP contribution in [0.3, 0.4) is 0 Å². The number of likely N-dealkylation sites (tertiary alicyclic amines) is 1. The molecule has 20 heavy (non-hydrogen) atoms. The van der Waals surface area contributed by atoms with E-state index in [1.165, 1.54) is 0 Å². The molecule has 0 aromatic carbocycles. The number of carbonyl (C=O) groups is 1. The molecule has 6 heteroatoms. The summed E-state index contributed by atoms with van der Waals surface area (Å²) < 4.78 is 5.31. The van der Waals surface area contributed by atoms with Gasteiger partial charge in [0.2, 0.25) is 11.8 Å². The molecule has 1 fully saturated rings. The van der Waals surface area contributed by atoms with Crippen molar-refractivity contribution in [1.82, 2.24) is 19.9 Å². The van der Waals surface area contributed by atoms with Gasteiger partial charge in [-0.15, -0.1) is 0 Å². The number of amides is 1. The van der Waals surface area contributed by atoms with Gasteiger partial charge < -0.3 is 9.42 Å². The van der Waals surface area contributed by atoms with Crippen molar-refractivity contribution in [2.75, 3.05) is 27.2 Å². The van der Waals surface area contributed by atoms with E-state index in [0.717, 1.165) is 38.2 Å². The fraction of sp³-hybridized carbons (Fsp3) is 0.786. The zero-order chi connectivity index (χ0) is 14.7. The van der Waals surface area contributed by atoms with E-state index in [9.17, 15) is 4.79 Å². The second-order valence-electron chi connectivity index (χ2n) is 5.62. The minimum atomic E-state index is 0.123. The van der Waals surface area contributed by atoms with Crippen molar-refractivity contribution in [2.24, 2.45) is 5.92 Å². The smallest absolute Gasteiger partial charge is 0.243 e. The summed E-state index contributed by atoms with van der Waals surface area (Å²) in [6.45, 7) is 5.89. The summed E-state index contributed by atoms with van der Waals surface area (Å²) in [4.78, 5) is 20.3. The average molecular weight is 280 g/mol. The molecule has 2 rings (SSSR count). The van der Waals surface area contributed by atoms with Gasteiger partial charge in [-0.1, -0.05) is 12.1 Å². The van der Waals surface area contributed by atoms with E-state index in [0.29, 0.717) is 5.89 Å². The SMILES string of the molecule is CCc1noc([C@H](C)N2CCC(C(=O)N(C)C)CC2)n1. The molecule has 2 heterocycles. The summed E-state index contributed by atoms with van der Waals surface area (Å²) in [5, 5.41) is 3.94. The molecule has 0 radical (unpaired) electrons. The van der Waals surface area contributed by atoms with Crippen LogP contribution in [0.2, 0.25) is 0 Å². The van der Waals surface area contributed by atoms with Gasteiger partial charge in [0.05, 0.1) is 6.04 Å². The lowest BCUT2D eigenvalue weighted by Crippen LogP contribution is -2.41. The van der Waals surface area contributed by atoms with Crippen LogP contribution in [-0.4, -0.2) is 53.0 Å². The largest absolute Gasteiger partial charge is 0.349 e. The van der Waals surface area contributed by atoms with Gasteiger partial charge in [0, 0.05) is 26.4 Å². The van der Waals surface area contributed by atoms with E-state index in [1.54, 1.807) is 4.90 Å². The molecule has 1 atom stereocenters. The first-order valence-electron chi connectivity index (χ1n) is 7.30. The van der Waals surface area contributed by atoms with E-state index in [4.69, 9.17) is 4.52 Å². The van der Waals surface area contributed by atoms with Gasteiger partial charge in [0.1, 0.15) is 0 Å². The Hall–Kier alpha value is -1.43. The maximum atomic E-state index is 12.0. The van der Waals surface area contributed by atoms with Gasteiger partial charge >= 0.3 is 0 Å². The van der Waals surface area contributed by atoms with Crippen LogP contribution in [0, 0.1) is 5.92 Å². The van der Waals surface area contributed by atoms with Crippen LogP contribution in [0.15, 0.2) is 4.52 Å². The minimum Gasteiger partial charge on any atom is -0.349 e. The van der Waals surface area contributed by atoms with Crippen LogP contribution < -0.4 is 0 Å². The second kappa shape index (κ2) is 6.35. The van der Waals surface area contributed by atoms with Crippen LogP contribution in [0.4, 0.5) is 0 Å². The molecular formula is C14H24N4O2. The predicted molar refractivity (Wildman–Crippen MR) is 75.1 cm³/mol. The van der Waals surface area contributed by atoms with Gasteiger partial charge in [-0.25, -0.2) is 0 Å². The van der Waals surface area contributed by atoms with Crippen molar-refractivity contribution >= 4 is 5.91 Å². The Morgan fingerprint density at radius 1 is 1.45 bits per heavy atom. The summed E-state index contributed by atoms with van der Waals surface area (Å²) in [6, 6.07) is 0.123. The molecule has 1 aromatic heterocycles. The van der Waals surface area contributed by atoms with E-state index in [2.05, 4.69) is 22.0 Å². The Morgan fingerprint density at radius 2 is 2.10 bits per heavy atom. The van der Waals surface area contributed by atoms with Gasteiger partial charge in [-0.05, 0) is 32.9 Å². The van der Waals surface area contributed by atoms with Gasteiger partial charge in [-0.2, -0.15) is 4.98 Å². The molecule has 112 valence electrons. The van der Waals surface area contributed by atoms with Crippen LogP contribution in [0.5, 0.6) is 0 Å². The van der Waals surface area contributed by atoms with E-state index in [-0.39, 0.29) is 17.9 Å². The molecule has 1 aliphatic rings. The number of carbonyl (C=O) groups excluding carboxylic acids is 1. The number of aromatic nitrogens is 2. The minimum absolute atomic E-state index is 0.123. The molecule has 0 aliphatic carbocycles. The highest BCUT2D eigenvalue weighted by Crippen LogP contribution is 2.26. The molecule has 0 bridgehead atoms. The fourth-order valence-electron chi connectivity index (χ4n) is 2.64. The highest BCUT2D eigenvalue weighted by Gasteiger charge is 2.30. The topological polar surface area (TPSA) is 62.5 Å². The standard InChI is InChI=1S/C14H24N4O2/c1-5-12-15-13(20-16-12)10(2)18-8-6-11(7-9-18)14(19)17(3)4/h10-11H,5-9H2,1-4H3/t10-/m0/s1. The van der Waals surface area contributed by atoms with Crippen molar-refractivity contribution in [3.63, 3.8) is 0 Å². The first kappa shape index (κ1) is 15.0. The van der Waals surface area contributed by atoms with Crippen LogP contribution in [-0.2, 0) is 11.2 Å². The summed E-state index contributed by atoms with van der Waals surface area (Å²) in [5.41, 5.74) is 0. The van der Waals surface area contributed by atoms with Gasteiger partial charge in [-0.3, -0.25) is 9.69 Å². The highest BCUT2D eigenvalue weighted by molar-refractivity contribution is 5.78. The highest BCUT2D eigenvalue weighted by atomic mass is 16.5. The number of hydrogen-bond donors (Lipinski definition) is 0. The monoisotopic (exact) mass is 280 g/mol. The Bertz CT molecular complexity index is 450. The maximum Gasteiger partial charge on any atom is 0.243 e. The molecule has 0 N–H and O–H groups in total. The number of piperidine rings is 1. The third kappa shape index (κ3) is 3.17. The first-order chi connectivity index (χ1) is 9.52. The quantitative estimate of drug-likeness (QED) is 0.836. The third-order valence-electron chi connectivity index (χ3n) is 4.02. The number of hydrogen-bond acceptors (Lipinski definition) is 5. The Kier molecular flexibility index (Phi) is 4.75. The Balaban J connectivity index is 1.91. The summed E-state index contributed by atoms with van der Waals surface area (Å²) in [5.74, 6) is 1.83. The van der Waals surface area contributed by atoms with Crippen LogP contribution in [0.1, 0.15) is 44.4 Å². The number of rotatable bonds is 4. The van der Waals surface area contributed by atoms with Gasteiger partial charge in [0.15, 0.2) is 5.82 Å². The van der Waals surface area contributed by atoms with Crippen molar-refractivity contribution in [3.05, 3.63) is 11.7 Å². The molecular weight excluding hydrogens is 256 g/mol. The lowest BCUT2D eigenvalue weighted by molar-refractivity contribution is -0.134. The van der Waals surface area contributed by atoms with Crippen LogP contribution >= 0.6 is 0 Å². The Labute approximate surface area is 120 Å². The third-order valence-corrected chi connectivity index (χ3v) is 4.02. The van der Waals surface area contributed by atoms with E-state index in [1.807, 2.05) is 21.0 Å². The normalized spacial score (nSPS) is 19.0. The lowest BCUT2D eigenvalue weighted by atomic mass is 9.94. The summed E-state index contributed by atoms with van der Waals surface area (Å²) in [6.07, 6.45) is 2.59. The summed E-state index contributed by atoms with van der Waals surface area (Å²) >= 11 is 0. The van der Waals surface area contributed by atoms with Crippen molar-refractivity contribution in [2.45, 2.75) is 39.2 Å². The molecule has 0 spiro atoms. The van der Waals surface area contributed by atoms with Gasteiger partial charge in [0.25, 0.3) is 0 Å². The zero-order valence-electron chi connectivity index (χ0n) is 12.8. The molecule has 1 aromatic rings. The molecule has 1 saturated heterocycles. The van der Waals surface area contributed by atoms with Crippen molar-refractivity contribution in [1.29, 1.82) is 0 Å². The van der Waals surface area contributed by atoms with E-state index < -0.39 is 0 Å². The second-order valence-corrected chi connectivity index (χ2v) is 5.62. The average Bonchev–Trinajstić information content (AvgIpc) is 2.94. The first-order valence-corrected chi connectivity index (χ1v) is 7.30. The van der Waals surface area contributed by atoms with Crippen molar-refractivity contribution < 1.29 is 9.32 Å².